The van der Waals surface area contributed by atoms with E-state index in [9.17, 15) is 4.79 Å². The Balaban J connectivity index is 2.69. The molecule has 3 nitrogen and oxygen atoms in total. The summed E-state index contributed by atoms with van der Waals surface area (Å²) in [6.07, 6.45) is 2.29. The molecular formula is C13H18O3. The molecule has 0 heterocycles. The lowest BCUT2D eigenvalue weighted by Crippen LogP contribution is -2.08. The molecule has 0 aromatic heterocycles. The molecule has 0 saturated carbocycles. The first-order chi connectivity index (χ1) is 7.67. The number of aryl methyl sites for hydroxylation is 1. The van der Waals surface area contributed by atoms with Gasteiger partial charge in [0.25, 0.3) is 0 Å². The molecule has 0 bridgehead atoms. The molecule has 0 spiro atoms. The van der Waals surface area contributed by atoms with Gasteiger partial charge in [0.05, 0.1) is 7.11 Å². The number of carbonyl (C=O) groups is 1. The van der Waals surface area contributed by atoms with Crippen LogP contribution < -0.4 is 9.47 Å². The third-order valence-electron chi connectivity index (χ3n) is 2.28. The van der Waals surface area contributed by atoms with E-state index in [-0.39, 0.29) is 5.97 Å². The summed E-state index contributed by atoms with van der Waals surface area (Å²) in [7, 11) is 1.57. The molecule has 3 heteroatoms. The van der Waals surface area contributed by atoms with Gasteiger partial charge in [-0.2, -0.15) is 0 Å². The number of hydrogen-bond donors (Lipinski definition) is 0. The fourth-order valence-electron chi connectivity index (χ4n) is 1.35. The highest BCUT2D eigenvalue weighted by molar-refractivity contribution is 5.73. The van der Waals surface area contributed by atoms with Crippen molar-refractivity contribution in [3.8, 4) is 11.5 Å². The van der Waals surface area contributed by atoms with Crippen LogP contribution in [-0.2, 0) is 4.79 Å². The molecule has 16 heavy (non-hydrogen) atoms. The van der Waals surface area contributed by atoms with E-state index in [4.69, 9.17) is 9.47 Å². The van der Waals surface area contributed by atoms with Gasteiger partial charge in [-0.3, -0.25) is 4.79 Å². The van der Waals surface area contributed by atoms with Crippen LogP contribution in [0.15, 0.2) is 18.2 Å². The van der Waals surface area contributed by atoms with E-state index in [0.29, 0.717) is 17.9 Å². The maximum atomic E-state index is 11.4. The largest absolute Gasteiger partial charge is 0.493 e. The first-order valence-electron chi connectivity index (χ1n) is 5.52. The topological polar surface area (TPSA) is 35.5 Å². The molecule has 0 unspecified atom stereocenters. The summed E-state index contributed by atoms with van der Waals surface area (Å²) in [4.78, 5) is 11.4. The molecule has 0 aliphatic rings. The standard InChI is InChI=1S/C13H18O3/c1-4-5-6-13(14)16-11-8-7-10(2)9-12(11)15-3/h7-9H,4-6H2,1-3H3. The van der Waals surface area contributed by atoms with E-state index in [1.54, 1.807) is 13.2 Å². The van der Waals surface area contributed by atoms with Crippen molar-refractivity contribution in [3.63, 3.8) is 0 Å². The third-order valence-corrected chi connectivity index (χ3v) is 2.28. The van der Waals surface area contributed by atoms with E-state index < -0.39 is 0 Å². The molecule has 0 aliphatic carbocycles. The van der Waals surface area contributed by atoms with Crippen molar-refractivity contribution in [2.75, 3.05) is 7.11 Å². The molecule has 88 valence electrons. The number of methoxy groups -OCH3 is 1. The Morgan fingerprint density at radius 1 is 1.31 bits per heavy atom. The normalized spacial score (nSPS) is 9.94. The summed E-state index contributed by atoms with van der Waals surface area (Å²) >= 11 is 0. The first kappa shape index (κ1) is 12.6. The molecule has 1 aromatic carbocycles. The lowest BCUT2D eigenvalue weighted by atomic mass is 10.2. The van der Waals surface area contributed by atoms with Gasteiger partial charge in [0.15, 0.2) is 11.5 Å². The number of carbonyl (C=O) groups excluding carboxylic acids is 1. The average Bonchev–Trinajstić information content (AvgIpc) is 2.28. The summed E-state index contributed by atoms with van der Waals surface area (Å²) in [6.45, 7) is 4.00. The van der Waals surface area contributed by atoms with Gasteiger partial charge in [-0.05, 0) is 31.0 Å². The summed E-state index contributed by atoms with van der Waals surface area (Å²) < 4.78 is 10.4. The highest BCUT2D eigenvalue weighted by atomic mass is 16.6. The Hall–Kier alpha value is -1.51. The van der Waals surface area contributed by atoms with Crippen LogP contribution in [0.2, 0.25) is 0 Å². The molecular weight excluding hydrogens is 204 g/mol. The monoisotopic (exact) mass is 222 g/mol. The Labute approximate surface area is 96.4 Å². The van der Waals surface area contributed by atoms with Gasteiger partial charge in [-0.1, -0.05) is 19.4 Å². The van der Waals surface area contributed by atoms with Gasteiger partial charge in [0.1, 0.15) is 0 Å². The molecule has 0 atom stereocenters. The van der Waals surface area contributed by atoms with Crippen LogP contribution in [0.3, 0.4) is 0 Å². The number of ether oxygens (including phenoxy) is 2. The summed E-state index contributed by atoms with van der Waals surface area (Å²) in [5.74, 6) is 0.892. The zero-order chi connectivity index (χ0) is 12.0. The van der Waals surface area contributed by atoms with Crippen LogP contribution in [0, 0.1) is 6.92 Å². The second-order valence-electron chi connectivity index (χ2n) is 3.73. The van der Waals surface area contributed by atoms with Crippen LogP contribution in [0.4, 0.5) is 0 Å². The van der Waals surface area contributed by atoms with E-state index in [2.05, 4.69) is 0 Å². The highest BCUT2D eigenvalue weighted by Gasteiger charge is 2.09. The minimum absolute atomic E-state index is 0.205. The van der Waals surface area contributed by atoms with Crippen molar-refractivity contribution in [2.45, 2.75) is 33.1 Å². The van der Waals surface area contributed by atoms with E-state index in [0.717, 1.165) is 18.4 Å². The summed E-state index contributed by atoms with van der Waals surface area (Å²) in [6, 6.07) is 5.51. The molecule has 0 amide bonds. The van der Waals surface area contributed by atoms with Gasteiger partial charge in [-0.15, -0.1) is 0 Å². The van der Waals surface area contributed by atoms with Gasteiger partial charge < -0.3 is 9.47 Å². The Bertz CT molecular complexity index is 358. The molecule has 0 aliphatic heterocycles. The second-order valence-corrected chi connectivity index (χ2v) is 3.73. The van der Waals surface area contributed by atoms with Crippen LogP contribution in [-0.4, -0.2) is 13.1 Å². The molecule has 0 saturated heterocycles. The van der Waals surface area contributed by atoms with E-state index in [1.165, 1.54) is 0 Å². The predicted octanol–water partition coefficient (Wildman–Crippen LogP) is 3.10. The number of esters is 1. The molecule has 0 fully saturated rings. The van der Waals surface area contributed by atoms with Gasteiger partial charge >= 0.3 is 5.97 Å². The summed E-state index contributed by atoms with van der Waals surface area (Å²) in [5.41, 5.74) is 1.07. The third kappa shape index (κ3) is 3.57. The van der Waals surface area contributed by atoms with E-state index >= 15 is 0 Å². The van der Waals surface area contributed by atoms with Crippen LogP contribution >= 0.6 is 0 Å². The lowest BCUT2D eigenvalue weighted by Gasteiger charge is -2.09. The number of hydrogen-bond acceptors (Lipinski definition) is 3. The minimum Gasteiger partial charge on any atom is -0.493 e. The molecule has 0 radical (unpaired) electrons. The van der Waals surface area contributed by atoms with Crippen molar-refractivity contribution < 1.29 is 14.3 Å². The van der Waals surface area contributed by atoms with Crippen molar-refractivity contribution in [1.29, 1.82) is 0 Å². The minimum atomic E-state index is -0.205. The van der Waals surface area contributed by atoms with Crippen molar-refractivity contribution in [3.05, 3.63) is 23.8 Å². The Morgan fingerprint density at radius 3 is 2.69 bits per heavy atom. The quantitative estimate of drug-likeness (QED) is 0.567. The molecule has 1 rings (SSSR count). The molecule has 0 N–H and O–H groups in total. The van der Waals surface area contributed by atoms with Gasteiger partial charge in [0.2, 0.25) is 0 Å². The lowest BCUT2D eigenvalue weighted by molar-refractivity contribution is -0.134. The molecule has 1 aromatic rings. The fraction of sp³-hybridized carbons (Fsp3) is 0.462. The van der Waals surface area contributed by atoms with Crippen LogP contribution in [0.25, 0.3) is 0 Å². The predicted molar refractivity (Wildman–Crippen MR) is 62.9 cm³/mol. The Morgan fingerprint density at radius 2 is 2.06 bits per heavy atom. The van der Waals surface area contributed by atoms with Crippen molar-refractivity contribution >= 4 is 5.97 Å². The first-order valence-corrected chi connectivity index (χ1v) is 5.52. The second kappa shape index (κ2) is 6.16. The fourth-order valence-corrected chi connectivity index (χ4v) is 1.35. The maximum absolute atomic E-state index is 11.4. The summed E-state index contributed by atoms with van der Waals surface area (Å²) in [5, 5.41) is 0. The van der Waals surface area contributed by atoms with Gasteiger partial charge in [-0.25, -0.2) is 0 Å². The van der Waals surface area contributed by atoms with Crippen LogP contribution in [0.5, 0.6) is 11.5 Å². The zero-order valence-electron chi connectivity index (χ0n) is 10.1. The van der Waals surface area contributed by atoms with Crippen molar-refractivity contribution in [2.24, 2.45) is 0 Å². The maximum Gasteiger partial charge on any atom is 0.311 e. The van der Waals surface area contributed by atoms with Crippen LogP contribution in [0.1, 0.15) is 31.7 Å². The SMILES string of the molecule is CCCCC(=O)Oc1ccc(C)cc1OC. The zero-order valence-corrected chi connectivity index (χ0v) is 10.1. The van der Waals surface area contributed by atoms with Gasteiger partial charge in [0, 0.05) is 6.42 Å². The Kier molecular flexibility index (Phi) is 4.83. The van der Waals surface area contributed by atoms with Crippen molar-refractivity contribution in [1.82, 2.24) is 0 Å². The average molecular weight is 222 g/mol. The number of rotatable bonds is 5. The number of unbranched alkanes of at least 4 members (excludes halogenated alkanes) is 1. The smallest absolute Gasteiger partial charge is 0.311 e. The highest BCUT2D eigenvalue weighted by Crippen LogP contribution is 2.28. The van der Waals surface area contributed by atoms with E-state index in [1.807, 2.05) is 26.0 Å². The number of benzene rings is 1.